The molecule has 2 fully saturated rings. The molecule has 2 saturated heterocycles. The summed E-state index contributed by atoms with van der Waals surface area (Å²) in [5.74, 6) is -0.478. The van der Waals surface area contributed by atoms with Gasteiger partial charge in [0.1, 0.15) is 5.69 Å². The van der Waals surface area contributed by atoms with Crippen LogP contribution in [0.25, 0.3) is 5.70 Å². The van der Waals surface area contributed by atoms with E-state index in [0.717, 1.165) is 75.7 Å². The van der Waals surface area contributed by atoms with Gasteiger partial charge in [-0.1, -0.05) is 18.9 Å². The summed E-state index contributed by atoms with van der Waals surface area (Å²) in [6.45, 7) is 7.67. The summed E-state index contributed by atoms with van der Waals surface area (Å²) in [7, 11) is 0. The number of aromatic nitrogens is 1. The molecule has 8 nitrogen and oxygen atoms in total. The van der Waals surface area contributed by atoms with Gasteiger partial charge in [-0.25, -0.2) is 8.78 Å². The summed E-state index contributed by atoms with van der Waals surface area (Å²) < 4.78 is 38.2. The number of anilines is 3. The summed E-state index contributed by atoms with van der Waals surface area (Å²) in [4.78, 5) is 9.35. The predicted octanol–water partition coefficient (Wildman–Crippen LogP) is 3.96. The van der Waals surface area contributed by atoms with Crippen LogP contribution in [0, 0.1) is 11.6 Å². The summed E-state index contributed by atoms with van der Waals surface area (Å²) in [5.41, 5.74) is 8.53. The Balaban J connectivity index is 1.27. The highest BCUT2D eigenvalue weighted by atomic mass is 32.2. The molecule has 0 bridgehead atoms. The van der Waals surface area contributed by atoms with Crippen LogP contribution in [0.4, 0.5) is 25.8 Å². The van der Waals surface area contributed by atoms with Crippen LogP contribution < -0.4 is 25.6 Å². The first-order valence-electron chi connectivity index (χ1n) is 12.5. The number of morpholine rings is 1. The monoisotopic (exact) mass is 517 g/mol. The molecule has 1 aromatic heterocycles. The van der Waals surface area contributed by atoms with Crippen molar-refractivity contribution in [3.8, 4) is 0 Å². The Morgan fingerprint density at radius 2 is 1.94 bits per heavy atom. The van der Waals surface area contributed by atoms with Crippen LogP contribution in [-0.2, 0) is 4.74 Å². The maximum Gasteiger partial charge on any atom is 0.175 e. The average Bonchev–Trinajstić information content (AvgIpc) is 3.41. The number of hydrazine groups is 2. The van der Waals surface area contributed by atoms with Crippen molar-refractivity contribution in [2.75, 3.05) is 59.8 Å². The Morgan fingerprint density at radius 1 is 1.14 bits per heavy atom. The van der Waals surface area contributed by atoms with Gasteiger partial charge < -0.3 is 19.8 Å². The normalized spacial score (nSPS) is 19.4. The van der Waals surface area contributed by atoms with Crippen LogP contribution in [0.5, 0.6) is 0 Å². The van der Waals surface area contributed by atoms with E-state index in [1.807, 2.05) is 13.1 Å². The molecule has 194 valence electrons. The molecule has 0 saturated carbocycles. The molecule has 5 rings (SSSR count). The standard InChI is InChI=1S/C25H33F2N7OS/c1-2-13-36-30-22-4-3-21(26)25(24(22)27)34-17-23(29-31-34)18-14-20(16-28-15-18)32-7-5-19(6-8-32)33-9-11-35-12-10-33/h3-4,14-17,19,29-31H,2,5-13H2,1H3. The zero-order valence-corrected chi connectivity index (χ0v) is 21.3. The lowest BCUT2D eigenvalue weighted by molar-refractivity contribution is 0.0115. The molecule has 0 radical (unpaired) electrons. The van der Waals surface area contributed by atoms with Crippen molar-refractivity contribution in [2.45, 2.75) is 32.2 Å². The van der Waals surface area contributed by atoms with Crippen LogP contribution >= 0.6 is 11.9 Å². The van der Waals surface area contributed by atoms with Gasteiger partial charge >= 0.3 is 0 Å². The van der Waals surface area contributed by atoms with Gasteiger partial charge in [0.15, 0.2) is 11.6 Å². The van der Waals surface area contributed by atoms with E-state index < -0.39 is 11.6 Å². The quantitative estimate of drug-likeness (QED) is 0.357. The van der Waals surface area contributed by atoms with E-state index >= 15 is 4.39 Å². The summed E-state index contributed by atoms with van der Waals surface area (Å²) in [6, 6.07) is 5.36. The summed E-state index contributed by atoms with van der Waals surface area (Å²) >= 11 is 1.39. The van der Waals surface area contributed by atoms with Crippen LogP contribution in [0.3, 0.4) is 0 Å². The molecule has 3 aliphatic rings. The molecule has 0 aliphatic carbocycles. The Kier molecular flexibility index (Phi) is 8.10. The van der Waals surface area contributed by atoms with E-state index in [1.165, 1.54) is 29.1 Å². The number of benzene rings is 1. The smallest absolute Gasteiger partial charge is 0.175 e. The topological polar surface area (TPSA) is 67.9 Å². The Morgan fingerprint density at radius 3 is 2.72 bits per heavy atom. The molecule has 0 unspecified atom stereocenters. The molecule has 0 atom stereocenters. The molecule has 1 aromatic carbocycles. The van der Waals surface area contributed by atoms with Gasteiger partial charge in [-0.05, 0) is 37.5 Å². The molecule has 36 heavy (non-hydrogen) atoms. The SMILES string of the molecule is CCCSNc1ccc(F)c(N2C=C(c3cncc(N4CCC(N5CCOCC5)CC4)c3)NN2)c1F. The number of hydrogen-bond acceptors (Lipinski definition) is 9. The lowest BCUT2D eigenvalue weighted by atomic mass is 10.0. The van der Waals surface area contributed by atoms with Gasteiger partial charge in [-0.2, -0.15) is 0 Å². The van der Waals surface area contributed by atoms with Crippen molar-refractivity contribution in [3.05, 3.63) is 54.0 Å². The number of halogens is 2. The van der Waals surface area contributed by atoms with Gasteiger partial charge in [-0.3, -0.25) is 14.9 Å². The number of pyridine rings is 1. The molecular weight excluding hydrogens is 484 g/mol. The van der Waals surface area contributed by atoms with Crippen LogP contribution in [-0.4, -0.2) is 61.1 Å². The number of piperidine rings is 1. The molecule has 0 amide bonds. The average molecular weight is 518 g/mol. The third-order valence-corrected chi connectivity index (χ3v) is 7.77. The van der Waals surface area contributed by atoms with Crippen LogP contribution in [0.1, 0.15) is 31.7 Å². The van der Waals surface area contributed by atoms with E-state index in [9.17, 15) is 4.39 Å². The molecule has 2 aromatic rings. The lowest BCUT2D eigenvalue weighted by Gasteiger charge is -2.40. The maximum atomic E-state index is 15.1. The largest absolute Gasteiger partial charge is 0.379 e. The zero-order valence-electron chi connectivity index (χ0n) is 20.5. The second-order valence-electron chi connectivity index (χ2n) is 9.16. The van der Waals surface area contributed by atoms with Crippen molar-refractivity contribution >= 4 is 34.7 Å². The molecule has 3 N–H and O–H groups in total. The van der Waals surface area contributed by atoms with Crippen molar-refractivity contribution in [1.29, 1.82) is 0 Å². The first-order chi connectivity index (χ1) is 17.6. The van der Waals surface area contributed by atoms with Crippen LogP contribution in [0.2, 0.25) is 0 Å². The molecule has 4 heterocycles. The first-order valence-corrected chi connectivity index (χ1v) is 13.5. The number of hydrogen-bond donors (Lipinski definition) is 3. The molecule has 0 spiro atoms. The fraction of sp³-hybridized carbons (Fsp3) is 0.480. The highest BCUT2D eigenvalue weighted by Gasteiger charge is 2.27. The molecule has 11 heteroatoms. The predicted molar refractivity (Wildman–Crippen MR) is 141 cm³/mol. The van der Waals surface area contributed by atoms with Gasteiger partial charge in [0.05, 0.1) is 36.5 Å². The number of nitrogens with zero attached hydrogens (tertiary/aromatic N) is 4. The second-order valence-corrected chi connectivity index (χ2v) is 10.1. The van der Waals surface area contributed by atoms with Gasteiger partial charge in [0.25, 0.3) is 0 Å². The van der Waals surface area contributed by atoms with Crippen molar-refractivity contribution in [1.82, 2.24) is 20.8 Å². The van der Waals surface area contributed by atoms with Gasteiger partial charge in [-0.15, -0.1) is 5.53 Å². The van der Waals surface area contributed by atoms with Crippen molar-refractivity contribution < 1.29 is 13.5 Å². The third kappa shape index (κ3) is 5.54. The van der Waals surface area contributed by atoms with Crippen LogP contribution in [0.15, 0.2) is 36.8 Å². The third-order valence-electron chi connectivity index (χ3n) is 6.79. The van der Waals surface area contributed by atoms with Gasteiger partial charge in [0, 0.05) is 55.9 Å². The fourth-order valence-corrected chi connectivity index (χ4v) is 5.45. The molecule has 3 aliphatic heterocycles. The Bertz CT molecular complexity index is 1070. The number of ether oxygens (including phenoxy) is 1. The van der Waals surface area contributed by atoms with Crippen molar-refractivity contribution in [3.63, 3.8) is 0 Å². The lowest BCUT2D eigenvalue weighted by Crippen LogP contribution is -2.49. The van der Waals surface area contributed by atoms with E-state index in [1.54, 1.807) is 12.4 Å². The fourth-order valence-electron chi connectivity index (χ4n) is 4.83. The Hall–Kier alpha value is -2.60. The summed E-state index contributed by atoms with van der Waals surface area (Å²) in [5, 5.41) is 1.33. The van der Waals surface area contributed by atoms with Crippen molar-refractivity contribution in [2.24, 2.45) is 0 Å². The highest BCUT2D eigenvalue weighted by molar-refractivity contribution is 8.00. The van der Waals surface area contributed by atoms with Gasteiger partial charge in [0.2, 0.25) is 0 Å². The van der Waals surface area contributed by atoms with E-state index in [4.69, 9.17) is 4.74 Å². The maximum absolute atomic E-state index is 15.1. The number of nitrogens with one attached hydrogen (secondary N) is 3. The Labute approximate surface area is 215 Å². The summed E-state index contributed by atoms with van der Waals surface area (Å²) in [6.07, 6.45) is 8.45. The van der Waals surface area contributed by atoms with E-state index in [0.29, 0.717) is 11.7 Å². The highest BCUT2D eigenvalue weighted by Crippen LogP contribution is 2.32. The number of rotatable bonds is 8. The minimum Gasteiger partial charge on any atom is -0.379 e. The minimum atomic E-state index is -0.652. The zero-order chi connectivity index (χ0) is 24.9. The first kappa shape index (κ1) is 25.1. The second kappa shape index (κ2) is 11.6. The van der Waals surface area contributed by atoms with E-state index in [-0.39, 0.29) is 11.4 Å². The molecular formula is C25H33F2N7OS. The minimum absolute atomic E-state index is 0.172. The van der Waals surface area contributed by atoms with E-state index in [2.05, 4.69) is 36.5 Å².